The summed E-state index contributed by atoms with van der Waals surface area (Å²) in [6.45, 7) is 6.21. The van der Waals surface area contributed by atoms with Crippen LogP contribution >= 0.6 is 11.3 Å². The second-order valence-corrected chi connectivity index (χ2v) is 7.18. The van der Waals surface area contributed by atoms with Crippen LogP contribution in [0.25, 0.3) is 0 Å². The SMILES string of the molecule is CC(C)(C)c1csc(NC(=O)C2CCC(C(=O)O)C2)n1. The molecule has 1 aromatic heterocycles. The van der Waals surface area contributed by atoms with Crippen molar-refractivity contribution in [2.24, 2.45) is 11.8 Å². The molecule has 1 fully saturated rings. The first kappa shape index (κ1) is 15.0. The summed E-state index contributed by atoms with van der Waals surface area (Å²) in [6, 6.07) is 0. The number of nitrogens with one attached hydrogen (secondary N) is 1. The van der Waals surface area contributed by atoms with Gasteiger partial charge in [-0.05, 0) is 19.3 Å². The molecular formula is C14H20N2O3S. The fraction of sp³-hybridized carbons (Fsp3) is 0.643. The molecule has 20 heavy (non-hydrogen) atoms. The summed E-state index contributed by atoms with van der Waals surface area (Å²) in [7, 11) is 0. The molecule has 1 aromatic rings. The molecule has 1 amide bonds. The first-order chi connectivity index (χ1) is 9.27. The van der Waals surface area contributed by atoms with Crippen molar-refractivity contribution in [2.75, 3.05) is 5.32 Å². The van der Waals surface area contributed by atoms with E-state index in [1.165, 1.54) is 11.3 Å². The van der Waals surface area contributed by atoms with Gasteiger partial charge in [-0.2, -0.15) is 0 Å². The van der Waals surface area contributed by atoms with Crippen molar-refractivity contribution in [1.82, 2.24) is 4.98 Å². The summed E-state index contributed by atoms with van der Waals surface area (Å²) >= 11 is 1.41. The van der Waals surface area contributed by atoms with Crippen molar-refractivity contribution in [2.45, 2.75) is 45.4 Å². The zero-order valence-corrected chi connectivity index (χ0v) is 12.8. The smallest absolute Gasteiger partial charge is 0.306 e. The zero-order chi connectivity index (χ0) is 14.9. The molecule has 0 radical (unpaired) electrons. The molecule has 2 unspecified atom stereocenters. The number of carboxylic acids is 1. The average Bonchev–Trinajstić information content (AvgIpc) is 2.95. The van der Waals surface area contributed by atoms with E-state index in [-0.39, 0.29) is 23.2 Å². The minimum atomic E-state index is -0.801. The molecule has 0 saturated heterocycles. The second-order valence-electron chi connectivity index (χ2n) is 6.32. The molecule has 0 spiro atoms. The van der Waals surface area contributed by atoms with Crippen LogP contribution in [0.1, 0.15) is 45.7 Å². The molecule has 0 bridgehead atoms. The van der Waals surface area contributed by atoms with E-state index in [0.717, 1.165) is 5.69 Å². The molecule has 1 aliphatic rings. The normalized spacial score (nSPS) is 22.8. The van der Waals surface area contributed by atoms with E-state index in [0.29, 0.717) is 24.4 Å². The van der Waals surface area contributed by atoms with Gasteiger partial charge in [-0.25, -0.2) is 4.98 Å². The molecule has 0 aliphatic heterocycles. The first-order valence-corrected chi connectivity index (χ1v) is 7.65. The number of hydrogen-bond donors (Lipinski definition) is 2. The Morgan fingerprint density at radius 3 is 2.50 bits per heavy atom. The Labute approximate surface area is 122 Å². The second kappa shape index (κ2) is 5.52. The Kier molecular flexibility index (Phi) is 4.13. The maximum Gasteiger partial charge on any atom is 0.306 e. The third kappa shape index (κ3) is 3.36. The first-order valence-electron chi connectivity index (χ1n) is 6.77. The quantitative estimate of drug-likeness (QED) is 0.899. The van der Waals surface area contributed by atoms with E-state index < -0.39 is 5.97 Å². The van der Waals surface area contributed by atoms with Crippen molar-refractivity contribution in [1.29, 1.82) is 0 Å². The van der Waals surface area contributed by atoms with Crippen LogP contribution in [-0.2, 0) is 15.0 Å². The summed E-state index contributed by atoms with van der Waals surface area (Å²) in [4.78, 5) is 27.4. The van der Waals surface area contributed by atoms with E-state index >= 15 is 0 Å². The fourth-order valence-corrected chi connectivity index (χ4v) is 3.27. The molecule has 0 aromatic carbocycles. The van der Waals surface area contributed by atoms with Crippen LogP contribution in [0.15, 0.2) is 5.38 Å². The van der Waals surface area contributed by atoms with Crippen molar-refractivity contribution in [3.8, 4) is 0 Å². The van der Waals surface area contributed by atoms with E-state index in [4.69, 9.17) is 5.11 Å². The number of amides is 1. The number of aromatic nitrogens is 1. The van der Waals surface area contributed by atoms with Crippen LogP contribution in [0.2, 0.25) is 0 Å². The van der Waals surface area contributed by atoms with Crippen LogP contribution in [-0.4, -0.2) is 22.0 Å². The van der Waals surface area contributed by atoms with E-state index in [1.54, 1.807) is 0 Å². The third-order valence-corrected chi connectivity index (χ3v) is 4.41. The van der Waals surface area contributed by atoms with Gasteiger partial charge < -0.3 is 10.4 Å². The van der Waals surface area contributed by atoms with E-state index in [9.17, 15) is 9.59 Å². The Morgan fingerprint density at radius 2 is 2.00 bits per heavy atom. The largest absolute Gasteiger partial charge is 0.481 e. The molecule has 2 atom stereocenters. The van der Waals surface area contributed by atoms with Crippen LogP contribution in [0.4, 0.5) is 5.13 Å². The Balaban J connectivity index is 1.95. The highest BCUT2D eigenvalue weighted by atomic mass is 32.1. The summed E-state index contributed by atoms with van der Waals surface area (Å²) < 4.78 is 0. The van der Waals surface area contributed by atoms with Gasteiger partial charge >= 0.3 is 5.97 Å². The van der Waals surface area contributed by atoms with E-state index in [2.05, 4.69) is 31.1 Å². The lowest BCUT2D eigenvalue weighted by Gasteiger charge is -2.14. The van der Waals surface area contributed by atoms with Gasteiger partial charge in [0.2, 0.25) is 5.91 Å². The molecule has 1 saturated carbocycles. The highest BCUT2D eigenvalue weighted by Gasteiger charge is 2.34. The van der Waals surface area contributed by atoms with Gasteiger partial charge in [0.15, 0.2) is 5.13 Å². The van der Waals surface area contributed by atoms with Gasteiger partial charge in [0.05, 0.1) is 11.6 Å². The molecule has 2 N–H and O–H groups in total. The van der Waals surface area contributed by atoms with Crippen LogP contribution in [0.3, 0.4) is 0 Å². The monoisotopic (exact) mass is 296 g/mol. The summed E-state index contributed by atoms with van der Waals surface area (Å²) in [5.74, 6) is -1.50. The van der Waals surface area contributed by atoms with Crippen molar-refractivity contribution in [3.05, 3.63) is 11.1 Å². The molecular weight excluding hydrogens is 276 g/mol. The summed E-state index contributed by atoms with van der Waals surface area (Å²) in [5, 5.41) is 14.3. The van der Waals surface area contributed by atoms with E-state index in [1.807, 2.05) is 5.38 Å². The number of thiazole rings is 1. The number of nitrogens with zero attached hydrogens (tertiary/aromatic N) is 1. The topological polar surface area (TPSA) is 79.3 Å². The predicted molar refractivity (Wildman–Crippen MR) is 77.9 cm³/mol. The van der Waals surface area contributed by atoms with Crippen LogP contribution in [0, 0.1) is 11.8 Å². The molecule has 2 rings (SSSR count). The number of carboxylic acid groups (broad SMARTS) is 1. The highest BCUT2D eigenvalue weighted by molar-refractivity contribution is 7.13. The maximum absolute atomic E-state index is 12.1. The summed E-state index contributed by atoms with van der Waals surface area (Å²) in [6.07, 6.45) is 1.65. The van der Waals surface area contributed by atoms with Gasteiger partial charge in [0, 0.05) is 16.7 Å². The molecule has 1 aliphatic carbocycles. The van der Waals surface area contributed by atoms with Crippen molar-refractivity contribution >= 4 is 28.3 Å². The maximum atomic E-state index is 12.1. The Bertz CT molecular complexity index is 519. The Hall–Kier alpha value is -1.43. The molecule has 6 heteroatoms. The summed E-state index contributed by atoms with van der Waals surface area (Å²) in [5.41, 5.74) is 0.911. The predicted octanol–water partition coefficient (Wildman–Crippen LogP) is 2.88. The van der Waals surface area contributed by atoms with Crippen LogP contribution in [0.5, 0.6) is 0 Å². The van der Waals surface area contributed by atoms with Gasteiger partial charge in [-0.1, -0.05) is 20.8 Å². The number of rotatable bonds is 3. The highest BCUT2D eigenvalue weighted by Crippen LogP contribution is 2.32. The lowest BCUT2D eigenvalue weighted by atomic mass is 9.93. The lowest BCUT2D eigenvalue weighted by Crippen LogP contribution is -2.22. The lowest BCUT2D eigenvalue weighted by molar-refractivity contribution is -0.141. The Morgan fingerprint density at radius 1 is 1.35 bits per heavy atom. The molecule has 110 valence electrons. The molecule has 5 nitrogen and oxygen atoms in total. The van der Waals surface area contributed by atoms with Crippen LogP contribution < -0.4 is 5.32 Å². The van der Waals surface area contributed by atoms with Crippen molar-refractivity contribution < 1.29 is 14.7 Å². The number of anilines is 1. The minimum Gasteiger partial charge on any atom is -0.481 e. The van der Waals surface area contributed by atoms with Gasteiger partial charge in [-0.15, -0.1) is 11.3 Å². The zero-order valence-electron chi connectivity index (χ0n) is 12.0. The average molecular weight is 296 g/mol. The minimum absolute atomic E-state index is 0.0404. The van der Waals surface area contributed by atoms with Gasteiger partial charge in [0.25, 0.3) is 0 Å². The number of carbonyl (C=O) groups is 2. The standard InChI is InChI=1S/C14H20N2O3S/c1-14(2,3)10-7-20-13(15-10)16-11(17)8-4-5-9(6-8)12(18)19/h7-9H,4-6H2,1-3H3,(H,18,19)(H,15,16,17). The van der Waals surface area contributed by atoms with Gasteiger partial charge in [0.1, 0.15) is 0 Å². The fourth-order valence-electron chi connectivity index (χ4n) is 2.33. The number of hydrogen-bond acceptors (Lipinski definition) is 4. The third-order valence-electron chi connectivity index (χ3n) is 3.66. The van der Waals surface area contributed by atoms with Gasteiger partial charge in [-0.3, -0.25) is 9.59 Å². The number of aliphatic carboxylic acids is 1. The van der Waals surface area contributed by atoms with Crippen molar-refractivity contribution in [3.63, 3.8) is 0 Å². The number of carbonyl (C=O) groups excluding carboxylic acids is 1. The molecule has 1 heterocycles.